The lowest BCUT2D eigenvalue weighted by Gasteiger charge is -2.44. The lowest BCUT2D eigenvalue weighted by Crippen LogP contribution is -2.64. The molecule has 0 radical (unpaired) electrons. The van der Waals surface area contributed by atoms with E-state index in [4.69, 9.17) is 9.47 Å². The van der Waals surface area contributed by atoms with Gasteiger partial charge in [-0.2, -0.15) is 0 Å². The van der Waals surface area contributed by atoms with Gasteiger partial charge in [-0.15, -0.1) is 0 Å². The molecule has 1 aromatic rings. The minimum Gasteiger partial charge on any atom is -0.506 e. The highest BCUT2D eigenvalue weighted by molar-refractivity contribution is 6.50. The number of nitrogens with zero attached hydrogens (tertiary/aromatic N) is 1. The average Bonchev–Trinajstić information content (AvgIpc) is 2.66. The first kappa shape index (κ1) is 19.9. The van der Waals surface area contributed by atoms with Crippen LogP contribution >= 0.6 is 0 Å². The molecule has 0 amide bonds. The van der Waals surface area contributed by atoms with E-state index in [1.54, 1.807) is 30.3 Å². The number of carbonyl (C=O) groups is 2. The summed E-state index contributed by atoms with van der Waals surface area (Å²) in [5.41, 5.74) is -1.55. The van der Waals surface area contributed by atoms with Gasteiger partial charge in [-0.3, -0.25) is 14.6 Å². The Bertz CT molecular complexity index is 889. The van der Waals surface area contributed by atoms with Gasteiger partial charge in [0.15, 0.2) is 5.76 Å². The minimum absolute atomic E-state index is 0.0532. The first-order valence-corrected chi connectivity index (χ1v) is 9.34. The van der Waals surface area contributed by atoms with Gasteiger partial charge >= 0.3 is 5.97 Å². The second-order valence-corrected chi connectivity index (χ2v) is 7.88. The Hall–Kier alpha value is -2.89. The van der Waals surface area contributed by atoms with Crippen molar-refractivity contribution in [1.29, 1.82) is 0 Å². The number of esters is 1. The van der Waals surface area contributed by atoms with Crippen LogP contribution in [0.3, 0.4) is 0 Å². The number of aliphatic hydroxyl groups is 1. The number of hydrogen-bond acceptors (Lipinski definition) is 6. The van der Waals surface area contributed by atoms with Gasteiger partial charge in [-0.1, -0.05) is 30.3 Å². The van der Waals surface area contributed by atoms with Crippen LogP contribution < -0.4 is 0 Å². The molecule has 1 atom stereocenters. The van der Waals surface area contributed by atoms with Crippen molar-refractivity contribution in [3.8, 4) is 0 Å². The zero-order valence-electron chi connectivity index (χ0n) is 16.6. The third-order valence-corrected chi connectivity index (χ3v) is 4.43. The molecule has 0 bridgehead atoms. The molecule has 28 heavy (non-hydrogen) atoms. The molecule has 148 valence electrons. The fourth-order valence-corrected chi connectivity index (χ4v) is 3.33. The smallest absolute Gasteiger partial charge is 0.304 e. The summed E-state index contributed by atoms with van der Waals surface area (Å²) in [6.07, 6.45) is 3.29. The van der Waals surface area contributed by atoms with E-state index in [-0.39, 0.29) is 22.8 Å². The third kappa shape index (κ3) is 3.46. The average molecular weight is 383 g/mol. The number of ketones is 1. The Morgan fingerprint density at radius 1 is 1.25 bits per heavy atom. The summed E-state index contributed by atoms with van der Waals surface area (Å²) >= 11 is 0. The lowest BCUT2D eigenvalue weighted by molar-refractivity contribution is -0.159. The van der Waals surface area contributed by atoms with Crippen LogP contribution in [0.5, 0.6) is 0 Å². The molecule has 0 saturated heterocycles. The minimum atomic E-state index is -1.74. The summed E-state index contributed by atoms with van der Waals surface area (Å²) in [5.74, 6) is -1.07. The molecule has 1 fully saturated rings. The number of ether oxygens (including phenoxy) is 2. The number of allylic oxidation sites excluding steroid dienone is 1. The van der Waals surface area contributed by atoms with Crippen LogP contribution in [0.25, 0.3) is 5.76 Å². The number of Topliss-reactive ketones (excluding diaryl/α,β-unsaturated/α-hetero) is 1. The van der Waals surface area contributed by atoms with E-state index in [2.05, 4.69) is 4.99 Å². The molecule has 1 aliphatic carbocycles. The van der Waals surface area contributed by atoms with Crippen LogP contribution in [0, 0.1) is 0 Å². The Morgan fingerprint density at radius 2 is 1.93 bits per heavy atom. The van der Waals surface area contributed by atoms with Crippen molar-refractivity contribution in [2.45, 2.75) is 51.7 Å². The summed E-state index contributed by atoms with van der Waals surface area (Å²) in [4.78, 5) is 29.9. The molecule has 3 rings (SSSR count). The number of rotatable bonds is 3. The summed E-state index contributed by atoms with van der Waals surface area (Å²) in [6.45, 7) is 7.28. The van der Waals surface area contributed by atoms with E-state index < -0.39 is 22.9 Å². The molecule has 1 N–H and O–H groups in total. The molecular formula is C22H25NO5. The van der Waals surface area contributed by atoms with E-state index >= 15 is 0 Å². The molecule has 1 aliphatic heterocycles. The SMILES string of the molecule is CC(=O)OC1(C2=CCCCO2)C(=O)/C(=C(/O)c2ccccc2)C1=NC(C)(C)C. The van der Waals surface area contributed by atoms with Gasteiger partial charge in [0.2, 0.25) is 5.78 Å². The second-order valence-electron chi connectivity index (χ2n) is 7.88. The fourth-order valence-electron chi connectivity index (χ4n) is 3.33. The van der Waals surface area contributed by atoms with Crippen LogP contribution in [0.2, 0.25) is 0 Å². The topological polar surface area (TPSA) is 85.2 Å². The van der Waals surface area contributed by atoms with E-state index in [0.717, 1.165) is 6.42 Å². The maximum absolute atomic E-state index is 13.3. The molecule has 1 saturated carbocycles. The molecular weight excluding hydrogens is 358 g/mol. The highest BCUT2D eigenvalue weighted by atomic mass is 16.6. The molecule has 1 unspecified atom stereocenters. The molecule has 0 aromatic heterocycles. The first-order chi connectivity index (χ1) is 13.2. The van der Waals surface area contributed by atoms with Crippen LogP contribution in [0.15, 0.2) is 52.7 Å². The Labute approximate surface area is 164 Å². The van der Waals surface area contributed by atoms with E-state index in [0.29, 0.717) is 18.6 Å². The van der Waals surface area contributed by atoms with Gasteiger partial charge in [0.25, 0.3) is 5.60 Å². The maximum Gasteiger partial charge on any atom is 0.304 e. The number of benzene rings is 1. The fraction of sp³-hybridized carbons (Fsp3) is 0.409. The number of aliphatic imine (C=N–C) groups is 1. The highest BCUT2D eigenvalue weighted by Crippen LogP contribution is 2.45. The number of hydrogen-bond donors (Lipinski definition) is 1. The lowest BCUT2D eigenvalue weighted by atomic mass is 9.68. The van der Waals surface area contributed by atoms with Gasteiger partial charge < -0.3 is 14.6 Å². The molecule has 1 heterocycles. The Kier molecular flexibility index (Phi) is 5.15. The highest BCUT2D eigenvalue weighted by Gasteiger charge is 2.65. The monoisotopic (exact) mass is 383 g/mol. The van der Waals surface area contributed by atoms with Crippen molar-refractivity contribution in [2.24, 2.45) is 4.99 Å². The van der Waals surface area contributed by atoms with Gasteiger partial charge in [-0.05, 0) is 39.7 Å². The zero-order chi connectivity index (χ0) is 20.5. The van der Waals surface area contributed by atoms with Crippen LogP contribution in [-0.4, -0.2) is 40.3 Å². The maximum atomic E-state index is 13.3. The van der Waals surface area contributed by atoms with E-state index in [1.807, 2.05) is 26.8 Å². The summed E-state index contributed by atoms with van der Waals surface area (Å²) < 4.78 is 11.3. The molecule has 1 aromatic carbocycles. The second kappa shape index (κ2) is 7.26. The van der Waals surface area contributed by atoms with Crippen LogP contribution in [0.1, 0.15) is 46.1 Å². The summed E-state index contributed by atoms with van der Waals surface area (Å²) in [5, 5.41) is 10.8. The predicted octanol–water partition coefficient (Wildman–Crippen LogP) is 3.77. The van der Waals surface area contributed by atoms with Gasteiger partial charge in [0.1, 0.15) is 11.5 Å². The van der Waals surface area contributed by atoms with Crippen molar-refractivity contribution in [2.75, 3.05) is 6.61 Å². The standard InChI is InChI=1S/C22H25NO5/c1-14(24)28-22(16-12-8-9-13-27-16)19(23-21(2,3)4)17(20(22)26)18(25)15-10-6-5-7-11-15/h5-7,10-12,25H,8-9,13H2,1-4H3/b18-17+,23-19?. The van der Waals surface area contributed by atoms with Crippen LogP contribution in [0.4, 0.5) is 0 Å². The molecule has 6 nitrogen and oxygen atoms in total. The molecule has 0 spiro atoms. The van der Waals surface area contributed by atoms with Crippen molar-refractivity contribution >= 4 is 23.2 Å². The third-order valence-electron chi connectivity index (χ3n) is 4.43. The van der Waals surface area contributed by atoms with Crippen molar-refractivity contribution in [1.82, 2.24) is 0 Å². The predicted molar refractivity (Wildman–Crippen MR) is 106 cm³/mol. The van der Waals surface area contributed by atoms with Crippen molar-refractivity contribution in [3.63, 3.8) is 0 Å². The Balaban J connectivity index is 2.23. The zero-order valence-corrected chi connectivity index (χ0v) is 16.6. The van der Waals surface area contributed by atoms with Crippen molar-refractivity contribution < 1.29 is 24.2 Å². The van der Waals surface area contributed by atoms with Crippen LogP contribution in [-0.2, 0) is 19.1 Å². The quantitative estimate of drug-likeness (QED) is 0.488. The molecule has 6 heteroatoms. The summed E-state index contributed by atoms with van der Waals surface area (Å²) in [7, 11) is 0. The van der Waals surface area contributed by atoms with E-state index in [9.17, 15) is 14.7 Å². The van der Waals surface area contributed by atoms with Gasteiger partial charge in [0, 0.05) is 12.5 Å². The first-order valence-electron chi connectivity index (χ1n) is 9.34. The number of carbonyl (C=O) groups excluding carboxylic acids is 2. The normalized spacial score (nSPS) is 25.5. The van der Waals surface area contributed by atoms with E-state index in [1.165, 1.54) is 6.92 Å². The number of aliphatic hydroxyl groups excluding tert-OH is 1. The molecule has 2 aliphatic rings. The summed E-state index contributed by atoms with van der Waals surface area (Å²) in [6, 6.07) is 8.75. The largest absolute Gasteiger partial charge is 0.506 e. The van der Waals surface area contributed by atoms with Gasteiger partial charge in [0.05, 0.1) is 17.7 Å². The van der Waals surface area contributed by atoms with Gasteiger partial charge in [-0.25, -0.2) is 0 Å². The Morgan fingerprint density at radius 3 is 2.46 bits per heavy atom. The van der Waals surface area contributed by atoms with Crippen molar-refractivity contribution in [3.05, 3.63) is 53.3 Å².